The molecule has 130 valence electrons. The van der Waals surface area contributed by atoms with E-state index in [0.29, 0.717) is 12.1 Å². The van der Waals surface area contributed by atoms with E-state index in [1.165, 1.54) is 0 Å². The molecule has 25 heavy (non-hydrogen) atoms. The number of nitrogens with one attached hydrogen (secondary N) is 1. The zero-order valence-electron chi connectivity index (χ0n) is 14.7. The smallest absolute Gasteiger partial charge is 0.272 e. The number of nitrogens with zero attached hydrogens (tertiary/aromatic N) is 3. The summed E-state index contributed by atoms with van der Waals surface area (Å²) in [6.07, 6.45) is 0. The molecular formula is C19H22N4O2. The molecule has 2 aromatic carbocycles. The summed E-state index contributed by atoms with van der Waals surface area (Å²) >= 11 is 0. The highest BCUT2D eigenvalue weighted by Gasteiger charge is 2.16. The van der Waals surface area contributed by atoms with Crippen molar-refractivity contribution in [3.05, 3.63) is 69.5 Å². The van der Waals surface area contributed by atoms with Gasteiger partial charge < -0.3 is 9.88 Å². The van der Waals surface area contributed by atoms with Crippen LogP contribution in [0.5, 0.6) is 0 Å². The van der Waals surface area contributed by atoms with Gasteiger partial charge in [0.1, 0.15) is 5.82 Å². The molecule has 3 aromatic rings. The number of nitro benzene ring substituents is 1. The predicted octanol–water partition coefficient (Wildman–Crippen LogP) is 4.12. The summed E-state index contributed by atoms with van der Waals surface area (Å²) in [6, 6.07) is 13.5. The lowest BCUT2D eigenvalue weighted by molar-refractivity contribution is -0.385. The monoisotopic (exact) mass is 338 g/mol. The van der Waals surface area contributed by atoms with Crippen molar-refractivity contribution in [1.29, 1.82) is 0 Å². The average Bonchev–Trinajstić information content (AvgIpc) is 2.99. The second kappa shape index (κ2) is 7.03. The molecule has 0 aliphatic rings. The summed E-state index contributed by atoms with van der Waals surface area (Å²) in [5.41, 5.74) is 3.84. The van der Waals surface area contributed by atoms with Crippen LogP contribution in [-0.4, -0.2) is 14.5 Å². The highest BCUT2D eigenvalue weighted by atomic mass is 16.6. The maximum absolute atomic E-state index is 11.1. The number of hydrogen-bond donors (Lipinski definition) is 1. The Morgan fingerprint density at radius 3 is 2.76 bits per heavy atom. The summed E-state index contributed by atoms with van der Waals surface area (Å²) in [5, 5.41) is 14.5. The van der Waals surface area contributed by atoms with Gasteiger partial charge >= 0.3 is 0 Å². The van der Waals surface area contributed by atoms with Crippen molar-refractivity contribution in [3.63, 3.8) is 0 Å². The van der Waals surface area contributed by atoms with Crippen LogP contribution >= 0.6 is 0 Å². The third-order valence-corrected chi connectivity index (χ3v) is 4.47. The minimum atomic E-state index is -0.335. The Hall–Kier alpha value is -2.73. The molecule has 0 fully saturated rings. The standard InChI is InChI=1S/C19H22N4O2/c1-4-22-17-8-6-5-7-16(17)21-19(22)14(3)20-12-15-10-9-13(2)18(11-15)23(24)25/h5-11,14,20H,4,12H2,1-3H3. The first-order valence-corrected chi connectivity index (χ1v) is 8.43. The van der Waals surface area contributed by atoms with E-state index in [9.17, 15) is 10.1 Å². The Balaban J connectivity index is 1.80. The molecule has 0 aliphatic heterocycles. The van der Waals surface area contributed by atoms with Crippen LogP contribution in [0.25, 0.3) is 11.0 Å². The largest absolute Gasteiger partial charge is 0.327 e. The number of imidazole rings is 1. The summed E-state index contributed by atoms with van der Waals surface area (Å²) in [7, 11) is 0. The number of nitro groups is 1. The minimum absolute atomic E-state index is 0.0349. The average molecular weight is 338 g/mol. The first-order chi connectivity index (χ1) is 12.0. The maximum Gasteiger partial charge on any atom is 0.272 e. The quantitative estimate of drug-likeness (QED) is 0.542. The van der Waals surface area contributed by atoms with Crippen LogP contribution in [0.15, 0.2) is 42.5 Å². The van der Waals surface area contributed by atoms with E-state index < -0.39 is 0 Å². The van der Waals surface area contributed by atoms with E-state index in [0.717, 1.165) is 29.0 Å². The van der Waals surface area contributed by atoms with E-state index in [4.69, 9.17) is 4.98 Å². The molecule has 1 unspecified atom stereocenters. The number of rotatable bonds is 6. The van der Waals surface area contributed by atoms with Crippen LogP contribution in [0.4, 0.5) is 5.69 Å². The van der Waals surface area contributed by atoms with Gasteiger partial charge in [-0.1, -0.05) is 24.3 Å². The van der Waals surface area contributed by atoms with Crippen LogP contribution < -0.4 is 5.32 Å². The van der Waals surface area contributed by atoms with Crippen molar-refractivity contribution in [2.24, 2.45) is 0 Å². The van der Waals surface area contributed by atoms with Crippen molar-refractivity contribution in [2.45, 2.75) is 39.9 Å². The highest BCUT2D eigenvalue weighted by Crippen LogP contribution is 2.22. The Morgan fingerprint density at radius 2 is 2.04 bits per heavy atom. The third kappa shape index (κ3) is 3.39. The fraction of sp³-hybridized carbons (Fsp3) is 0.316. The Labute approximate surface area is 146 Å². The van der Waals surface area contributed by atoms with Gasteiger partial charge in [0.2, 0.25) is 0 Å². The fourth-order valence-corrected chi connectivity index (χ4v) is 3.08. The zero-order valence-corrected chi connectivity index (χ0v) is 14.7. The Kier molecular flexibility index (Phi) is 4.81. The van der Waals surface area contributed by atoms with Crippen LogP contribution in [-0.2, 0) is 13.1 Å². The van der Waals surface area contributed by atoms with Gasteiger partial charge in [-0.05, 0) is 38.5 Å². The molecule has 1 heterocycles. The second-order valence-electron chi connectivity index (χ2n) is 6.18. The molecule has 3 rings (SSSR count). The van der Waals surface area contributed by atoms with Gasteiger partial charge in [-0.3, -0.25) is 10.1 Å². The molecule has 0 bridgehead atoms. The number of aromatic nitrogens is 2. The van der Waals surface area contributed by atoms with Crippen molar-refractivity contribution < 1.29 is 4.92 Å². The molecule has 1 N–H and O–H groups in total. The van der Waals surface area contributed by atoms with E-state index in [1.807, 2.05) is 24.3 Å². The first kappa shape index (κ1) is 17.1. The Morgan fingerprint density at radius 1 is 1.28 bits per heavy atom. The van der Waals surface area contributed by atoms with Crippen LogP contribution in [0, 0.1) is 17.0 Å². The van der Waals surface area contributed by atoms with Gasteiger partial charge in [-0.15, -0.1) is 0 Å². The fourth-order valence-electron chi connectivity index (χ4n) is 3.08. The molecule has 1 aromatic heterocycles. The summed E-state index contributed by atoms with van der Waals surface area (Å²) < 4.78 is 2.20. The van der Waals surface area contributed by atoms with Crippen molar-refractivity contribution in [3.8, 4) is 0 Å². The van der Waals surface area contributed by atoms with Gasteiger partial charge in [0.25, 0.3) is 5.69 Å². The van der Waals surface area contributed by atoms with Gasteiger partial charge in [0, 0.05) is 24.7 Å². The molecule has 0 saturated heterocycles. The normalized spacial score (nSPS) is 12.4. The molecular weight excluding hydrogens is 316 g/mol. The van der Waals surface area contributed by atoms with Gasteiger partial charge in [0.05, 0.1) is 22.0 Å². The molecule has 0 spiro atoms. The maximum atomic E-state index is 11.1. The number of benzene rings is 2. The molecule has 6 nitrogen and oxygen atoms in total. The van der Waals surface area contributed by atoms with E-state index in [-0.39, 0.29) is 16.7 Å². The summed E-state index contributed by atoms with van der Waals surface area (Å²) in [4.78, 5) is 15.5. The molecule has 0 radical (unpaired) electrons. The number of para-hydroxylation sites is 2. The lowest BCUT2D eigenvalue weighted by Crippen LogP contribution is -2.21. The summed E-state index contributed by atoms with van der Waals surface area (Å²) in [6.45, 7) is 7.32. The van der Waals surface area contributed by atoms with Gasteiger partial charge in [0.15, 0.2) is 0 Å². The molecule has 0 amide bonds. The zero-order chi connectivity index (χ0) is 18.0. The van der Waals surface area contributed by atoms with Crippen molar-refractivity contribution in [2.75, 3.05) is 0 Å². The lowest BCUT2D eigenvalue weighted by atomic mass is 10.1. The SMILES string of the molecule is CCn1c(C(C)NCc2ccc(C)c([N+](=O)[O-])c2)nc2ccccc21. The van der Waals surface area contributed by atoms with Gasteiger partial charge in [-0.2, -0.15) is 0 Å². The lowest BCUT2D eigenvalue weighted by Gasteiger charge is -2.15. The molecule has 0 aliphatic carbocycles. The summed E-state index contributed by atoms with van der Waals surface area (Å²) in [5.74, 6) is 0.977. The predicted molar refractivity (Wildman–Crippen MR) is 98.5 cm³/mol. The van der Waals surface area contributed by atoms with Gasteiger partial charge in [-0.25, -0.2) is 4.98 Å². The number of aryl methyl sites for hydroxylation is 2. The van der Waals surface area contributed by atoms with Crippen LogP contribution in [0.3, 0.4) is 0 Å². The molecule has 6 heteroatoms. The first-order valence-electron chi connectivity index (χ1n) is 8.43. The van der Waals surface area contributed by atoms with E-state index in [1.54, 1.807) is 19.1 Å². The van der Waals surface area contributed by atoms with Crippen LogP contribution in [0.1, 0.15) is 36.8 Å². The highest BCUT2D eigenvalue weighted by molar-refractivity contribution is 5.76. The number of fused-ring (bicyclic) bond motifs is 1. The minimum Gasteiger partial charge on any atom is -0.327 e. The number of hydrogen-bond acceptors (Lipinski definition) is 4. The second-order valence-corrected chi connectivity index (χ2v) is 6.18. The Bertz CT molecular complexity index is 917. The van der Waals surface area contributed by atoms with E-state index >= 15 is 0 Å². The van der Waals surface area contributed by atoms with Crippen molar-refractivity contribution >= 4 is 16.7 Å². The van der Waals surface area contributed by atoms with Crippen molar-refractivity contribution in [1.82, 2.24) is 14.9 Å². The van der Waals surface area contributed by atoms with Crippen LogP contribution in [0.2, 0.25) is 0 Å². The molecule has 0 saturated carbocycles. The topological polar surface area (TPSA) is 73.0 Å². The van der Waals surface area contributed by atoms with E-state index in [2.05, 4.69) is 29.8 Å². The molecule has 1 atom stereocenters. The third-order valence-electron chi connectivity index (χ3n) is 4.47.